The molecule has 0 amide bonds. The highest BCUT2D eigenvalue weighted by Crippen LogP contribution is 2.25. The summed E-state index contributed by atoms with van der Waals surface area (Å²) in [7, 11) is -2.51. The van der Waals surface area contributed by atoms with Gasteiger partial charge < -0.3 is 10.2 Å². The molecule has 0 bridgehead atoms. The molecule has 0 aromatic heterocycles. The Kier molecular flexibility index (Phi) is 4.85. The summed E-state index contributed by atoms with van der Waals surface area (Å²) < 4.78 is 25.5. The van der Waals surface area contributed by atoms with Crippen LogP contribution in [0.3, 0.4) is 0 Å². The number of carboxylic acids is 1. The zero-order valence-electron chi connectivity index (χ0n) is 9.50. The molecule has 0 atom stereocenters. The summed E-state index contributed by atoms with van der Waals surface area (Å²) in [4.78, 5) is 10.7. The average molecular weight is 338 g/mol. The smallest absolute Gasteiger partial charge is 0.335 e. The van der Waals surface area contributed by atoms with Crippen LogP contribution in [0.1, 0.15) is 10.4 Å². The van der Waals surface area contributed by atoms with Crippen LogP contribution in [0, 0.1) is 0 Å². The van der Waals surface area contributed by atoms with Gasteiger partial charge in [0.2, 0.25) is 10.0 Å². The third-order valence-electron chi connectivity index (χ3n) is 2.28. The van der Waals surface area contributed by atoms with Crippen molar-refractivity contribution in [1.29, 1.82) is 0 Å². The lowest BCUT2D eigenvalue weighted by Crippen LogP contribution is -2.30. The van der Waals surface area contributed by atoms with Crippen molar-refractivity contribution in [2.75, 3.05) is 20.2 Å². The number of aromatic carboxylic acids is 1. The van der Waals surface area contributed by atoms with E-state index in [2.05, 4.69) is 15.9 Å². The first-order valence-electron chi connectivity index (χ1n) is 4.90. The number of aliphatic hydroxyl groups excluding tert-OH is 1. The lowest BCUT2D eigenvalue weighted by atomic mass is 10.2. The van der Waals surface area contributed by atoms with Crippen LogP contribution in [0.4, 0.5) is 0 Å². The van der Waals surface area contributed by atoms with Crippen LogP contribution >= 0.6 is 15.9 Å². The van der Waals surface area contributed by atoms with Gasteiger partial charge in [-0.1, -0.05) is 0 Å². The number of hydrogen-bond acceptors (Lipinski definition) is 4. The van der Waals surface area contributed by atoms with E-state index in [-0.39, 0.29) is 28.1 Å². The molecule has 0 heterocycles. The van der Waals surface area contributed by atoms with E-state index < -0.39 is 16.0 Å². The second kappa shape index (κ2) is 5.79. The second-order valence-corrected chi connectivity index (χ2v) is 6.37. The summed E-state index contributed by atoms with van der Waals surface area (Å²) in [5.74, 6) is -1.20. The standard InChI is InChI=1S/C10H12BrNO5S/c1-12(4-5-13)18(16,17)9-6-7(10(14)15)2-3-8(9)11/h2-3,6,13H,4-5H2,1H3,(H,14,15). The van der Waals surface area contributed by atoms with Crippen molar-refractivity contribution in [2.45, 2.75) is 4.90 Å². The van der Waals surface area contributed by atoms with Crippen LogP contribution in [0.2, 0.25) is 0 Å². The summed E-state index contributed by atoms with van der Waals surface area (Å²) in [6.07, 6.45) is 0. The normalized spacial score (nSPS) is 11.8. The summed E-state index contributed by atoms with van der Waals surface area (Å²) in [5.41, 5.74) is -0.117. The van der Waals surface area contributed by atoms with Gasteiger partial charge in [0, 0.05) is 18.1 Å². The van der Waals surface area contributed by atoms with Gasteiger partial charge in [-0.05, 0) is 34.1 Å². The van der Waals surface area contributed by atoms with Crippen molar-refractivity contribution in [2.24, 2.45) is 0 Å². The number of rotatable bonds is 5. The van der Waals surface area contributed by atoms with E-state index in [1.165, 1.54) is 19.2 Å². The monoisotopic (exact) mass is 337 g/mol. The molecule has 0 radical (unpaired) electrons. The van der Waals surface area contributed by atoms with Crippen LogP contribution in [0.25, 0.3) is 0 Å². The number of carbonyl (C=O) groups is 1. The van der Waals surface area contributed by atoms with Crippen molar-refractivity contribution in [3.05, 3.63) is 28.2 Å². The third-order valence-corrected chi connectivity index (χ3v) is 5.13. The molecule has 8 heteroatoms. The number of benzene rings is 1. The first-order valence-corrected chi connectivity index (χ1v) is 7.14. The molecule has 0 aliphatic carbocycles. The number of halogens is 1. The van der Waals surface area contributed by atoms with Crippen LogP contribution in [0.15, 0.2) is 27.6 Å². The largest absolute Gasteiger partial charge is 0.478 e. The van der Waals surface area contributed by atoms with Crippen molar-refractivity contribution in [3.63, 3.8) is 0 Å². The van der Waals surface area contributed by atoms with Gasteiger partial charge in [-0.3, -0.25) is 0 Å². The number of nitrogens with zero attached hydrogens (tertiary/aromatic N) is 1. The Bertz CT molecular complexity index is 557. The summed E-state index contributed by atoms with van der Waals surface area (Å²) in [6.45, 7) is -0.377. The maximum Gasteiger partial charge on any atom is 0.335 e. The Hall–Kier alpha value is -0.960. The Balaban J connectivity index is 3.31. The van der Waals surface area contributed by atoms with Gasteiger partial charge in [-0.15, -0.1) is 0 Å². The van der Waals surface area contributed by atoms with Gasteiger partial charge in [-0.25, -0.2) is 13.2 Å². The molecule has 18 heavy (non-hydrogen) atoms. The average Bonchev–Trinajstić information content (AvgIpc) is 2.29. The summed E-state index contributed by atoms with van der Waals surface area (Å²) >= 11 is 3.07. The zero-order valence-corrected chi connectivity index (χ0v) is 11.9. The number of likely N-dealkylation sites (N-methyl/N-ethyl adjacent to an activating group) is 1. The molecule has 1 aromatic carbocycles. The topological polar surface area (TPSA) is 94.9 Å². The van der Waals surface area contributed by atoms with Gasteiger partial charge >= 0.3 is 5.97 Å². The van der Waals surface area contributed by atoms with Gasteiger partial charge in [0.1, 0.15) is 0 Å². The van der Waals surface area contributed by atoms with Crippen molar-refractivity contribution >= 4 is 31.9 Å². The number of aliphatic hydroxyl groups is 1. The van der Waals surface area contributed by atoms with Crippen LogP contribution < -0.4 is 0 Å². The second-order valence-electron chi connectivity index (χ2n) is 3.50. The fourth-order valence-electron chi connectivity index (χ4n) is 1.26. The lowest BCUT2D eigenvalue weighted by Gasteiger charge is -2.17. The predicted octanol–water partition coefficient (Wildman–Crippen LogP) is 0.760. The molecule has 100 valence electrons. The molecule has 6 nitrogen and oxygen atoms in total. The van der Waals surface area contributed by atoms with Gasteiger partial charge in [0.15, 0.2) is 0 Å². The highest BCUT2D eigenvalue weighted by Gasteiger charge is 2.24. The number of carboxylic acid groups (broad SMARTS) is 1. The molecule has 0 spiro atoms. The molecule has 0 aliphatic heterocycles. The highest BCUT2D eigenvalue weighted by molar-refractivity contribution is 9.10. The molecule has 1 aromatic rings. The van der Waals surface area contributed by atoms with Crippen LogP contribution in [0.5, 0.6) is 0 Å². The van der Waals surface area contributed by atoms with E-state index in [0.717, 1.165) is 10.4 Å². The van der Waals surface area contributed by atoms with Crippen LogP contribution in [-0.2, 0) is 10.0 Å². The molecule has 2 N–H and O–H groups in total. The number of sulfonamides is 1. The van der Waals surface area contributed by atoms with Gasteiger partial charge in [-0.2, -0.15) is 4.31 Å². The molecule has 0 unspecified atom stereocenters. The van der Waals surface area contributed by atoms with E-state index in [4.69, 9.17) is 10.2 Å². The maximum absolute atomic E-state index is 12.1. The summed E-state index contributed by atoms with van der Waals surface area (Å²) in [6, 6.07) is 3.75. The quantitative estimate of drug-likeness (QED) is 0.827. The van der Waals surface area contributed by atoms with Crippen molar-refractivity contribution in [1.82, 2.24) is 4.31 Å². The minimum absolute atomic E-state index is 0.0634. The third kappa shape index (κ3) is 3.08. The van der Waals surface area contributed by atoms with Gasteiger partial charge in [0.25, 0.3) is 0 Å². The predicted molar refractivity (Wildman–Crippen MR) is 68.0 cm³/mol. The van der Waals surface area contributed by atoms with Gasteiger partial charge in [0.05, 0.1) is 17.1 Å². The summed E-state index contributed by atoms with van der Waals surface area (Å²) in [5, 5.41) is 17.6. The molecule has 0 fully saturated rings. The fourth-order valence-corrected chi connectivity index (χ4v) is 3.37. The Labute approximate surface area is 113 Å². The minimum atomic E-state index is -3.82. The Morgan fingerprint density at radius 2 is 2.06 bits per heavy atom. The van der Waals surface area contributed by atoms with Crippen LogP contribution in [-0.4, -0.2) is 49.1 Å². The maximum atomic E-state index is 12.1. The zero-order chi connectivity index (χ0) is 13.9. The molecular weight excluding hydrogens is 326 g/mol. The highest BCUT2D eigenvalue weighted by atomic mass is 79.9. The van der Waals surface area contributed by atoms with Crippen molar-refractivity contribution < 1.29 is 23.4 Å². The van der Waals surface area contributed by atoms with E-state index in [9.17, 15) is 13.2 Å². The minimum Gasteiger partial charge on any atom is -0.478 e. The molecular formula is C10H12BrNO5S. The van der Waals surface area contributed by atoms with E-state index in [0.29, 0.717) is 0 Å². The number of hydrogen-bond donors (Lipinski definition) is 2. The fraction of sp³-hybridized carbons (Fsp3) is 0.300. The molecule has 0 saturated carbocycles. The first-order chi connectivity index (χ1) is 8.30. The molecule has 1 rings (SSSR count). The van der Waals surface area contributed by atoms with E-state index in [1.807, 2.05) is 0 Å². The Morgan fingerprint density at radius 3 is 2.56 bits per heavy atom. The SMILES string of the molecule is CN(CCO)S(=O)(=O)c1cc(C(=O)O)ccc1Br. The Morgan fingerprint density at radius 1 is 1.44 bits per heavy atom. The first kappa shape index (κ1) is 15.1. The molecule has 0 aliphatic rings. The van der Waals surface area contributed by atoms with Crippen molar-refractivity contribution in [3.8, 4) is 0 Å². The lowest BCUT2D eigenvalue weighted by molar-refractivity contribution is 0.0696. The van der Waals surface area contributed by atoms with E-state index in [1.54, 1.807) is 0 Å². The van der Waals surface area contributed by atoms with E-state index >= 15 is 0 Å². The molecule has 0 saturated heterocycles.